The van der Waals surface area contributed by atoms with Crippen molar-refractivity contribution in [1.29, 1.82) is 0 Å². The van der Waals surface area contributed by atoms with Gasteiger partial charge in [-0.3, -0.25) is 9.78 Å². The number of carbonyl (C=O) groups is 1. The summed E-state index contributed by atoms with van der Waals surface area (Å²) in [5.74, 6) is 0.377. The van der Waals surface area contributed by atoms with Crippen molar-refractivity contribution in [1.82, 2.24) is 15.3 Å². The van der Waals surface area contributed by atoms with Gasteiger partial charge in [-0.15, -0.1) is 0 Å². The van der Waals surface area contributed by atoms with Gasteiger partial charge in [-0.1, -0.05) is 17.7 Å². The predicted molar refractivity (Wildman–Crippen MR) is 87.5 cm³/mol. The molecule has 6 heteroatoms. The van der Waals surface area contributed by atoms with Gasteiger partial charge in [-0.25, -0.2) is 4.98 Å². The molecule has 3 rings (SSSR count). The molecule has 2 aromatic heterocycles. The fourth-order valence-corrected chi connectivity index (χ4v) is 2.72. The molecule has 0 spiro atoms. The van der Waals surface area contributed by atoms with Crippen LogP contribution in [0.1, 0.15) is 41.7 Å². The van der Waals surface area contributed by atoms with Crippen molar-refractivity contribution in [3.63, 3.8) is 0 Å². The van der Waals surface area contributed by atoms with E-state index in [2.05, 4.69) is 15.3 Å². The van der Waals surface area contributed by atoms with E-state index < -0.39 is 0 Å². The third-order valence-electron chi connectivity index (χ3n) is 3.79. The maximum atomic E-state index is 12.0. The van der Waals surface area contributed by atoms with Crippen LogP contribution in [0.25, 0.3) is 0 Å². The maximum Gasteiger partial charge on any atom is 0.270 e. The fourth-order valence-electron chi connectivity index (χ4n) is 2.56. The third kappa shape index (κ3) is 4.42. The minimum atomic E-state index is -0.265. The Balaban J connectivity index is 1.52. The number of aromatic nitrogens is 2. The van der Waals surface area contributed by atoms with Crippen LogP contribution in [-0.4, -0.2) is 22.0 Å². The Kier molecular flexibility index (Phi) is 5.08. The highest BCUT2D eigenvalue weighted by Crippen LogP contribution is 2.22. The van der Waals surface area contributed by atoms with Crippen LogP contribution < -0.4 is 10.1 Å². The van der Waals surface area contributed by atoms with E-state index in [-0.39, 0.29) is 5.91 Å². The van der Waals surface area contributed by atoms with E-state index >= 15 is 0 Å². The molecule has 0 aromatic carbocycles. The zero-order valence-corrected chi connectivity index (χ0v) is 13.4. The Labute approximate surface area is 140 Å². The molecular weight excluding hydrogens is 314 g/mol. The van der Waals surface area contributed by atoms with Crippen LogP contribution >= 0.6 is 11.6 Å². The molecule has 0 unspecified atom stereocenters. The molecule has 0 aliphatic heterocycles. The Morgan fingerprint density at radius 2 is 2.09 bits per heavy atom. The molecule has 1 N–H and O–H groups in total. The van der Waals surface area contributed by atoms with E-state index in [1.54, 1.807) is 12.3 Å². The molecule has 2 aromatic rings. The lowest BCUT2D eigenvalue weighted by atomic mass is 10.2. The van der Waals surface area contributed by atoms with Gasteiger partial charge in [0.1, 0.15) is 11.8 Å². The Hall–Kier alpha value is -2.14. The molecule has 1 saturated carbocycles. The predicted octanol–water partition coefficient (Wildman–Crippen LogP) is 3.38. The molecule has 0 saturated heterocycles. The highest BCUT2D eigenvalue weighted by molar-refractivity contribution is 6.30. The summed E-state index contributed by atoms with van der Waals surface area (Å²) in [4.78, 5) is 20.3. The van der Waals surface area contributed by atoms with E-state index in [9.17, 15) is 4.79 Å². The fraction of sp³-hybridized carbons (Fsp3) is 0.353. The number of nitrogens with zero attached hydrogens (tertiary/aromatic N) is 2. The number of nitrogens with one attached hydrogen (secondary N) is 1. The number of rotatable bonds is 5. The second-order valence-electron chi connectivity index (χ2n) is 5.57. The van der Waals surface area contributed by atoms with Crippen LogP contribution in [0.2, 0.25) is 5.02 Å². The van der Waals surface area contributed by atoms with Gasteiger partial charge in [0.25, 0.3) is 5.91 Å². The highest BCUT2D eigenvalue weighted by atomic mass is 35.5. The van der Waals surface area contributed by atoms with Crippen LogP contribution in [0.4, 0.5) is 0 Å². The van der Waals surface area contributed by atoms with Gasteiger partial charge < -0.3 is 10.1 Å². The molecule has 5 nitrogen and oxygen atoms in total. The molecule has 0 atom stereocenters. The lowest BCUT2D eigenvalue weighted by Crippen LogP contribution is -2.23. The number of pyridine rings is 2. The molecule has 23 heavy (non-hydrogen) atoms. The molecule has 120 valence electrons. The van der Waals surface area contributed by atoms with E-state index in [0.717, 1.165) is 18.4 Å². The molecule has 1 amide bonds. The van der Waals surface area contributed by atoms with Gasteiger partial charge in [-0.05, 0) is 43.4 Å². The van der Waals surface area contributed by atoms with E-state index in [0.29, 0.717) is 29.2 Å². The van der Waals surface area contributed by atoms with Crippen molar-refractivity contribution in [3.05, 3.63) is 52.9 Å². The summed E-state index contributed by atoms with van der Waals surface area (Å²) in [7, 11) is 0. The quantitative estimate of drug-likeness (QED) is 0.912. The van der Waals surface area contributed by atoms with E-state index in [1.807, 2.05) is 12.1 Å². The first-order chi connectivity index (χ1) is 11.2. The number of halogens is 1. The summed E-state index contributed by atoms with van der Waals surface area (Å²) in [6, 6.07) is 6.92. The average Bonchev–Trinajstić information content (AvgIpc) is 3.07. The van der Waals surface area contributed by atoms with Gasteiger partial charge in [0.15, 0.2) is 0 Å². The first kappa shape index (κ1) is 15.7. The smallest absolute Gasteiger partial charge is 0.270 e. The summed E-state index contributed by atoms with van der Waals surface area (Å²) >= 11 is 5.85. The van der Waals surface area contributed by atoms with Crippen molar-refractivity contribution in [2.24, 2.45) is 0 Å². The highest BCUT2D eigenvalue weighted by Gasteiger charge is 2.16. The molecule has 0 radical (unpaired) electrons. The van der Waals surface area contributed by atoms with Crippen molar-refractivity contribution < 1.29 is 9.53 Å². The molecule has 1 aliphatic carbocycles. The summed E-state index contributed by atoms with van der Waals surface area (Å²) in [6.07, 6.45) is 8.18. The van der Waals surface area contributed by atoms with Crippen LogP contribution in [0.5, 0.6) is 5.88 Å². The summed E-state index contributed by atoms with van der Waals surface area (Å²) in [5, 5.41) is 3.28. The number of ether oxygens (including phenoxy) is 1. The van der Waals surface area contributed by atoms with Gasteiger partial charge in [0.2, 0.25) is 5.88 Å². The second-order valence-corrected chi connectivity index (χ2v) is 6.01. The average molecular weight is 332 g/mol. The number of carbonyl (C=O) groups excluding carboxylic acids is 1. The standard InChI is InChI=1S/C17H18ClN3O2/c18-13-7-8-19-15(9-13)17(22)21-11-12-5-6-16(20-10-12)23-14-3-1-2-4-14/h5-10,14H,1-4,11H2,(H,21,22). The monoisotopic (exact) mass is 331 g/mol. The normalized spacial score (nSPS) is 14.7. The molecule has 2 heterocycles. The lowest BCUT2D eigenvalue weighted by molar-refractivity contribution is 0.0946. The molecule has 0 bridgehead atoms. The van der Waals surface area contributed by atoms with E-state index in [1.165, 1.54) is 25.1 Å². The first-order valence-electron chi connectivity index (χ1n) is 7.72. The zero-order valence-electron chi connectivity index (χ0n) is 12.7. The van der Waals surface area contributed by atoms with Crippen LogP contribution in [-0.2, 0) is 6.54 Å². The first-order valence-corrected chi connectivity index (χ1v) is 8.10. The van der Waals surface area contributed by atoms with Crippen molar-refractivity contribution in [3.8, 4) is 5.88 Å². The minimum Gasteiger partial charge on any atom is -0.474 e. The summed E-state index contributed by atoms with van der Waals surface area (Å²) in [6.45, 7) is 0.379. The molecular formula is C17H18ClN3O2. The number of amides is 1. The topological polar surface area (TPSA) is 64.1 Å². The van der Waals surface area contributed by atoms with E-state index in [4.69, 9.17) is 16.3 Å². The minimum absolute atomic E-state index is 0.265. The van der Waals surface area contributed by atoms with Gasteiger partial charge >= 0.3 is 0 Å². The Morgan fingerprint density at radius 3 is 2.78 bits per heavy atom. The molecule has 1 fully saturated rings. The summed E-state index contributed by atoms with van der Waals surface area (Å²) in [5.41, 5.74) is 1.20. The number of hydrogen-bond acceptors (Lipinski definition) is 4. The van der Waals surface area contributed by atoms with Crippen LogP contribution in [0.3, 0.4) is 0 Å². The van der Waals surface area contributed by atoms with Crippen molar-refractivity contribution in [2.45, 2.75) is 38.3 Å². The van der Waals surface area contributed by atoms with Gasteiger partial charge in [0, 0.05) is 30.0 Å². The maximum absolute atomic E-state index is 12.0. The van der Waals surface area contributed by atoms with Crippen molar-refractivity contribution in [2.75, 3.05) is 0 Å². The van der Waals surface area contributed by atoms with Gasteiger partial charge in [0.05, 0.1) is 0 Å². The largest absolute Gasteiger partial charge is 0.474 e. The summed E-state index contributed by atoms with van der Waals surface area (Å²) < 4.78 is 5.82. The van der Waals surface area contributed by atoms with Crippen LogP contribution in [0.15, 0.2) is 36.7 Å². The zero-order chi connectivity index (χ0) is 16.1. The van der Waals surface area contributed by atoms with Gasteiger partial charge in [-0.2, -0.15) is 0 Å². The number of hydrogen-bond donors (Lipinski definition) is 1. The lowest BCUT2D eigenvalue weighted by Gasteiger charge is -2.12. The van der Waals surface area contributed by atoms with Crippen molar-refractivity contribution >= 4 is 17.5 Å². The Bertz CT molecular complexity index is 670. The SMILES string of the molecule is O=C(NCc1ccc(OC2CCCC2)nc1)c1cc(Cl)ccn1. The molecule has 1 aliphatic rings. The van der Waals surface area contributed by atoms with Crippen LogP contribution in [0, 0.1) is 0 Å². The Morgan fingerprint density at radius 1 is 1.26 bits per heavy atom. The second kappa shape index (κ2) is 7.42. The third-order valence-corrected chi connectivity index (χ3v) is 4.03.